The average molecular weight is 199 g/mol. The van der Waals surface area contributed by atoms with Crippen LogP contribution in [0.4, 0.5) is 0 Å². The van der Waals surface area contributed by atoms with Gasteiger partial charge in [-0.3, -0.25) is 4.90 Å². The van der Waals surface area contributed by atoms with E-state index < -0.39 is 0 Å². The predicted molar refractivity (Wildman–Crippen MR) is 60.6 cm³/mol. The molecule has 0 atom stereocenters. The van der Waals surface area contributed by atoms with Crippen LogP contribution in [-0.4, -0.2) is 36.2 Å². The van der Waals surface area contributed by atoms with E-state index in [9.17, 15) is 0 Å². The molecule has 0 aromatic rings. The summed E-state index contributed by atoms with van der Waals surface area (Å²) in [5.74, 6) is 0. The fraction of sp³-hybridized carbons (Fsp3) is 1.00. The number of hydrogen-bond acceptors (Lipinski definition) is 2. The van der Waals surface area contributed by atoms with Crippen LogP contribution in [0.15, 0.2) is 0 Å². The summed E-state index contributed by atoms with van der Waals surface area (Å²) in [5.41, 5.74) is 0.667. The third-order valence-corrected chi connectivity index (χ3v) is 3.56. The molecule has 1 saturated heterocycles. The summed E-state index contributed by atoms with van der Waals surface area (Å²) in [7, 11) is 1.78. The summed E-state index contributed by atoms with van der Waals surface area (Å²) in [4.78, 5) is 2.60. The molecular weight excluding hydrogens is 174 g/mol. The van der Waals surface area contributed by atoms with Crippen LogP contribution in [0.5, 0.6) is 0 Å². The smallest absolute Gasteiger partial charge is 0.0590 e. The third kappa shape index (κ3) is 2.48. The average Bonchev–Trinajstić information content (AvgIpc) is 2.01. The van der Waals surface area contributed by atoms with Gasteiger partial charge in [0, 0.05) is 24.7 Å². The van der Waals surface area contributed by atoms with Crippen molar-refractivity contribution >= 4 is 0 Å². The lowest BCUT2D eigenvalue weighted by Gasteiger charge is -2.53. The van der Waals surface area contributed by atoms with E-state index in [0.29, 0.717) is 11.1 Å². The molecule has 0 spiro atoms. The zero-order chi connectivity index (χ0) is 10.8. The van der Waals surface area contributed by atoms with Crippen molar-refractivity contribution in [3.63, 3.8) is 0 Å². The first kappa shape index (κ1) is 12.0. The summed E-state index contributed by atoms with van der Waals surface area (Å²) in [6, 6.07) is 0. The molecule has 0 aliphatic carbocycles. The monoisotopic (exact) mass is 199 g/mol. The van der Waals surface area contributed by atoms with Crippen LogP contribution < -0.4 is 0 Å². The van der Waals surface area contributed by atoms with Gasteiger partial charge in [0.15, 0.2) is 0 Å². The summed E-state index contributed by atoms with van der Waals surface area (Å²) in [5, 5.41) is 0. The molecule has 1 heterocycles. The van der Waals surface area contributed by atoms with Crippen LogP contribution in [0.1, 0.15) is 47.0 Å². The number of likely N-dealkylation sites (tertiary alicyclic amines) is 1. The molecule has 2 heteroatoms. The van der Waals surface area contributed by atoms with Gasteiger partial charge in [-0.25, -0.2) is 0 Å². The lowest BCUT2D eigenvalue weighted by Crippen LogP contribution is -2.59. The van der Waals surface area contributed by atoms with E-state index in [2.05, 4.69) is 32.6 Å². The first-order chi connectivity index (χ1) is 6.40. The summed E-state index contributed by atoms with van der Waals surface area (Å²) in [6.45, 7) is 11.3. The Bertz CT molecular complexity index is 171. The van der Waals surface area contributed by atoms with E-state index in [4.69, 9.17) is 4.74 Å². The quantitative estimate of drug-likeness (QED) is 0.693. The Kier molecular flexibility index (Phi) is 3.59. The van der Waals surface area contributed by atoms with Crippen molar-refractivity contribution in [3.05, 3.63) is 0 Å². The van der Waals surface area contributed by atoms with Crippen LogP contribution in [-0.2, 0) is 4.74 Å². The van der Waals surface area contributed by atoms with Crippen LogP contribution in [0.25, 0.3) is 0 Å². The fourth-order valence-corrected chi connectivity index (χ4v) is 2.83. The van der Waals surface area contributed by atoms with Gasteiger partial charge in [-0.15, -0.1) is 0 Å². The Morgan fingerprint density at radius 1 is 1.07 bits per heavy atom. The standard InChI is InChI=1S/C12H25NO/c1-11(2)7-6-8-12(3,4)13(11)9-10-14-5/h6-10H2,1-5H3. The van der Waals surface area contributed by atoms with Gasteiger partial charge in [-0.05, 0) is 47.0 Å². The van der Waals surface area contributed by atoms with E-state index in [1.807, 2.05) is 0 Å². The van der Waals surface area contributed by atoms with E-state index in [0.717, 1.165) is 13.2 Å². The highest BCUT2D eigenvalue weighted by atomic mass is 16.5. The van der Waals surface area contributed by atoms with E-state index in [-0.39, 0.29) is 0 Å². The number of hydrogen-bond donors (Lipinski definition) is 0. The van der Waals surface area contributed by atoms with Gasteiger partial charge in [0.2, 0.25) is 0 Å². The molecule has 0 unspecified atom stereocenters. The molecular formula is C12H25NO. The largest absolute Gasteiger partial charge is 0.383 e. The molecule has 1 rings (SSSR count). The molecule has 14 heavy (non-hydrogen) atoms. The first-order valence-electron chi connectivity index (χ1n) is 5.67. The van der Waals surface area contributed by atoms with Gasteiger partial charge >= 0.3 is 0 Å². The first-order valence-corrected chi connectivity index (χ1v) is 5.67. The third-order valence-electron chi connectivity index (χ3n) is 3.56. The second kappa shape index (κ2) is 4.19. The Labute approximate surface area is 88.6 Å². The highest BCUT2D eigenvalue weighted by Crippen LogP contribution is 2.37. The maximum atomic E-state index is 5.19. The summed E-state index contributed by atoms with van der Waals surface area (Å²) in [6.07, 6.45) is 3.96. The minimum atomic E-state index is 0.334. The number of ether oxygens (including phenoxy) is 1. The highest BCUT2D eigenvalue weighted by molar-refractivity contribution is 4.96. The van der Waals surface area contributed by atoms with Crippen LogP contribution in [0, 0.1) is 0 Å². The van der Waals surface area contributed by atoms with Gasteiger partial charge in [0.05, 0.1) is 6.61 Å². The Balaban J connectivity index is 2.70. The maximum absolute atomic E-state index is 5.19. The lowest BCUT2D eigenvalue weighted by molar-refractivity contribution is -0.0402. The second-order valence-electron chi connectivity index (χ2n) is 5.62. The number of nitrogens with zero attached hydrogens (tertiary/aromatic N) is 1. The van der Waals surface area contributed by atoms with E-state index in [1.165, 1.54) is 19.3 Å². The summed E-state index contributed by atoms with van der Waals surface area (Å²) < 4.78 is 5.19. The van der Waals surface area contributed by atoms with Crippen molar-refractivity contribution in [2.45, 2.75) is 58.0 Å². The molecule has 0 aromatic heterocycles. The Morgan fingerprint density at radius 2 is 1.57 bits per heavy atom. The molecule has 2 nitrogen and oxygen atoms in total. The van der Waals surface area contributed by atoms with Gasteiger partial charge in [-0.1, -0.05) is 0 Å². The minimum Gasteiger partial charge on any atom is -0.383 e. The zero-order valence-corrected chi connectivity index (χ0v) is 10.4. The van der Waals surface area contributed by atoms with Gasteiger partial charge in [0.25, 0.3) is 0 Å². The highest BCUT2D eigenvalue weighted by Gasteiger charge is 2.40. The van der Waals surface area contributed by atoms with E-state index in [1.54, 1.807) is 7.11 Å². The van der Waals surface area contributed by atoms with Gasteiger partial charge in [-0.2, -0.15) is 0 Å². The second-order valence-corrected chi connectivity index (χ2v) is 5.62. The number of methoxy groups -OCH3 is 1. The number of rotatable bonds is 3. The van der Waals surface area contributed by atoms with Crippen molar-refractivity contribution in [3.8, 4) is 0 Å². The van der Waals surface area contributed by atoms with Crippen molar-refractivity contribution < 1.29 is 4.74 Å². The maximum Gasteiger partial charge on any atom is 0.0590 e. The molecule has 0 aromatic carbocycles. The molecule has 0 N–H and O–H groups in total. The SMILES string of the molecule is COCCN1C(C)(C)CCCC1(C)C. The molecule has 0 saturated carbocycles. The molecule has 0 radical (unpaired) electrons. The lowest BCUT2D eigenvalue weighted by atomic mass is 9.80. The van der Waals surface area contributed by atoms with Gasteiger partial charge < -0.3 is 4.74 Å². The zero-order valence-electron chi connectivity index (χ0n) is 10.4. The molecule has 0 bridgehead atoms. The predicted octanol–water partition coefficient (Wildman–Crippen LogP) is 2.68. The molecule has 1 aliphatic rings. The minimum absolute atomic E-state index is 0.334. The molecule has 84 valence electrons. The van der Waals surface area contributed by atoms with Crippen molar-refractivity contribution in [1.82, 2.24) is 4.90 Å². The van der Waals surface area contributed by atoms with Crippen molar-refractivity contribution in [2.75, 3.05) is 20.3 Å². The normalized spacial score (nSPS) is 26.4. The molecule has 1 aliphatic heterocycles. The van der Waals surface area contributed by atoms with Crippen LogP contribution in [0.2, 0.25) is 0 Å². The van der Waals surface area contributed by atoms with Crippen LogP contribution >= 0.6 is 0 Å². The van der Waals surface area contributed by atoms with Crippen molar-refractivity contribution in [1.29, 1.82) is 0 Å². The Morgan fingerprint density at radius 3 is 2.00 bits per heavy atom. The summed E-state index contributed by atoms with van der Waals surface area (Å²) >= 11 is 0. The molecule has 1 fully saturated rings. The fourth-order valence-electron chi connectivity index (χ4n) is 2.83. The molecule has 0 amide bonds. The topological polar surface area (TPSA) is 12.5 Å². The van der Waals surface area contributed by atoms with E-state index >= 15 is 0 Å². The van der Waals surface area contributed by atoms with Gasteiger partial charge in [0.1, 0.15) is 0 Å². The van der Waals surface area contributed by atoms with Crippen molar-refractivity contribution in [2.24, 2.45) is 0 Å². The van der Waals surface area contributed by atoms with Crippen LogP contribution in [0.3, 0.4) is 0 Å². The Hall–Kier alpha value is -0.0800. The number of piperidine rings is 1.